The zero-order valence-electron chi connectivity index (χ0n) is 26.0. The van der Waals surface area contributed by atoms with Crippen molar-refractivity contribution in [2.75, 3.05) is 12.4 Å². The van der Waals surface area contributed by atoms with Gasteiger partial charge in [0.15, 0.2) is 0 Å². The number of nitrogens with two attached hydrogens (primary N) is 1. The number of fused-ring (bicyclic) bond motifs is 1. The highest BCUT2D eigenvalue weighted by Gasteiger charge is 2.25. The highest BCUT2D eigenvalue weighted by molar-refractivity contribution is 5.96. The van der Waals surface area contributed by atoms with Gasteiger partial charge in [0.05, 0.1) is 24.9 Å². The molecule has 3 aromatic rings. The number of anilines is 1. The van der Waals surface area contributed by atoms with E-state index in [1.807, 2.05) is 24.3 Å². The number of allylic oxidation sites excluding steroid dienone is 1. The lowest BCUT2D eigenvalue weighted by atomic mass is 10.00. The lowest BCUT2D eigenvalue weighted by molar-refractivity contribution is -0.118. The van der Waals surface area contributed by atoms with E-state index in [0.29, 0.717) is 17.1 Å². The van der Waals surface area contributed by atoms with Gasteiger partial charge in [-0.15, -0.1) is 0 Å². The van der Waals surface area contributed by atoms with Gasteiger partial charge in [0.25, 0.3) is 5.56 Å². The molecule has 1 aromatic carbocycles. The molecule has 2 heterocycles. The number of hydrogen-bond acceptors (Lipinski definition) is 7. The van der Waals surface area contributed by atoms with Crippen LogP contribution >= 0.6 is 0 Å². The van der Waals surface area contributed by atoms with Gasteiger partial charge in [0.2, 0.25) is 11.8 Å². The zero-order chi connectivity index (χ0) is 32.6. The maximum absolute atomic E-state index is 13.5. The third kappa shape index (κ3) is 9.06. The molecule has 0 saturated heterocycles. The summed E-state index contributed by atoms with van der Waals surface area (Å²) in [7, 11) is 1.16. The van der Waals surface area contributed by atoms with Gasteiger partial charge < -0.3 is 30.4 Å². The summed E-state index contributed by atoms with van der Waals surface area (Å²) < 4.78 is 13.2. The van der Waals surface area contributed by atoms with Crippen molar-refractivity contribution in [2.24, 2.45) is 11.7 Å². The molecule has 0 aliphatic rings. The van der Waals surface area contributed by atoms with Crippen LogP contribution in [0.15, 0.2) is 59.5 Å². The molecule has 0 unspecified atom stereocenters. The van der Waals surface area contributed by atoms with Crippen molar-refractivity contribution in [3.05, 3.63) is 76.4 Å². The SMILES string of the molecule is COC(=O)N[C@@H](CC/C=C/C(N)=O)C(=O)Nc1cccn(Cc2cc3c(CC(C)C)cccc3n2C(=O)OC(C)(C)C)c1=O. The highest BCUT2D eigenvalue weighted by Crippen LogP contribution is 2.27. The van der Waals surface area contributed by atoms with Crippen molar-refractivity contribution in [1.82, 2.24) is 14.5 Å². The van der Waals surface area contributed by atoms with E-state index in [0.717, 1.165) is 30.6 Å². The number of ether oxygens (including phenoxy) is 2. The third-order valence-electron chi connectivity index (χ3n) is 6.53. The van der Waals surface area contributed by atoms with Gasteiger partial charge in [0, 0.05) is 11.6 Å². The van der Waals surface area contributed by atoms with Crippen LogP contribution in [0.4, 0.5) is 15.3 Å². The molecule has 0 bridgehead atoms. The lowest BCUT2D eigenvalue weighted by Crippen LogP contribution is -2.44. The number of nitrogens with one attached hydrogen (secondary N) is 2. The molecule has 12 heteroatoms. The van der Waals surface area contributed by atoms with E-state index in [1.54, 1.807) is 33.0 Å². The number of aromatic nitrogens is 2. The molecule has 0 fully saturated rings. The molecule has 3 amide bonds. The molecule has 0 aliphatic heterocycles. The Morgan fingerprint density at radius 1 is 1.09 bits per heavy atom. The summed E-state index contributed by atoms with van der Waals surface area (Å²) in [5.74, 6) is -0.911. The van der Waals surface area contributed by atoms with Crippen LogP contribution in [-0.2, 0) is 32.0 Å². The Balaban J connectivity index is 1.97. The van der Waals surface area contributed by atoms with Gasteiger partial charge in [-0.3, -0.25) is 14.4 Å². The summed E-state index contributed by atoms with van der Waals surface area (Å²) in [4.78, 5) is 62.9. The number of alkyl carbamates (subject to hydrolysis) is 1. The van der Waals surface area contributed by atoms with Crippen LogP contribution in [0.2, 0.25) is 0 Å². The molecule has 4 N–H and O–H groups in total. The van der Waals surface area contributed by atoms with Gasteiger partial charge >= 0.3 is 12.2 Å². The summed E-state index contributed by atoms with van der Waals surface area (Å²) in [6.07, 6.45) is 3.96. The summed E-state index contributed by atoms with van der Waals surface area (Å²) >= 11 is 0. The smallest absolute Gasteiger partial charge is 0.419 e. The number of amides is 3. The molecule has 3 rings (SSSR count). The molecule has 44 heavy (non-hydrogen) atoms. The van der Waals surface area contributed by atoms with Crippen LogP contribution in [0.5, 0.6) is 0 Å². The van der Waals surface area contributed by atoms with Crippen molar-refractivity contribution in [3.63, 3.8) is 0 Å². The zero-order valence-corrected chi connectivity index (χ0v) is 26.0. The number of benzene rings is 1. The molecule has 2 aromatic heterocycles. The van der Waals surface area contributed by atoms with Gasteiger partial charge in [-0.25, -0.2) is 14.2 Å². The Labute approximate surface area is 256 Å². The van der Waals surface area contributed by atoms with E-state index in [4.69, 9.17) is 10.5 Å². The fourth-order valence-corrected chi connectivity index (χ4v) is 4.69. The fraction of sp³-hybridized carbons (Fsp3) is 0.406. The molecule has 0 spiro atoms. The largest absolute Gasteiger partial charge is 0.453 e. The lowest BCUT2D eigenvalue weighted by Gasteiger charge is -2.21. The standard InChI is InChI=1S/C32H41N5O7/c1-20(2)17-21-11-9-14-26-23(21)18-22(37(26)31(42)44-32(3,4)5)19-36-16-10-13-25(29(36)40)34-28(39)24(35-30(41)43-6)12-7-8-15-27(33)38/h8-11,13-16,18,20,24H,7,12,17,19H2,1-6H3,(H2,33,38)(H,34,39)(H,35,41)/b15-8+/t24-/m0/s1. The van der Waals surface area contributed by atoms with E-state index in [1.165, 1.54) is 21.3 Å². The second-order valence-corrected chi connectivity index (χ2v) is 11.8. The Hall–Kier alpha value is -4.87. The predicted octanol–water partition coefficient (Wildman–Crippen LogP) is 4.32. The maximum atomic E-state index is 13.5. The van der Waals surface area contributed by atoms with Crippen LogP contribution in [0.3, 0.4) is 0 Å². The van der Waals surface area contributed by atoms with Crippen LogP contribution in [0.1, 0.15) is 58.7 Å². The Morgan fingerprint density at radius 2 is 1.82 bits per heavy atom. The second kappa shape index (κ2) is 14.5. The Bertz CT molecular complexity index is 1610. The number of hydrogen-bond donors (Lipinski definition) is 3. The summed E-state index contributed by atoms with van der Waals surface area (Å²) in [6.45, 7) is 9.60. The van der Waals surface area contributed by atoms with Gasteiger partial charge in [-0.1, -0.05) is 32.1 Å². The number of nitrogens with zero attached hydrogens (tertiary/aromatic N) is 2. The monoisotopic (exact) mass is 607 g/mol. The minimum Gasteiger partial charge on any atom is -0.453 e. The van der Waals surface area contributed by atoms with Crippen molar-refractivity contribution >= 4 is 40.6 Å². The number of carbonyl (C=O) groups is 4. The van der Waals surface area contributed by atoms with Gasteiger partial charge in [-0.2, -0.15) is 0 Å². The highest BCUT2D eigenvalue weighted by atomic mass is 16.6. The van der Waals surface area contributed by atoms with Gasteiger partial charge in [0.1, 0.15) is 17.3 Å². The summed E-state index contributed by atoms with van der Waals surface area (Å²) in [5, 5.41) is 5.91. The first-order valence-electron chi connectivity index (χ1n) is 14.4. The summed E-state index contributed by atoms with van der Waals surface area (Å²) in [6, 6.07) is 9.64. The minimum atomic E-state index is -1.07. The van der Waals surface area contributed by atoms with E-state index in [2.05, 4.69) is 29.2 Å². The first-order valence-corrected chi connectivity index (χ1v) is 14.4. The van der Waals surface area contributed by atoms with Crippen molar-refractivity contribution in [3.8, 4) is 0 Å². The van der Waals surface area contributed by atoms with Crippen LogP contribution < -0.4 is 21.9 Å². The predicted molar refractivity (Wildman–Crippen MR) is 167 cm³/mol. The van der Waals surface area contributed by atoms with Crippen molar-refractivity contribution < 1.29 is 28.7 Å². The van der Waals surface area contributed by atoms with Crippen LogP contribution in [0.25, 0.3) is 10.9 Å². The maximum Gasteiger partial charge on any atom is 0.419 e. The van der Waals surface area contributed by atoms with E-state index in [-0.39, 0.29) is 25.1 Å². The first-order chi connectivity index (χ1) is 20.7. The average molecular weight is 608 g/mol. The van der Waals surface area contributed by atoms with Crippen molar-refractivity contribution in [1.29, 1.82) is 0 Å². The fourth-order valence-electron chi connectivity index (χ4n) is 4.69. The number of carbonyl (C=O) groups excluding carboxylic acids is 4. The quantitative estimate of drug-likeness (QED) is 0.273. The van der Waals surface area contributed by atoms with E-state index < -0.39 is 41.2 Å². The number of rotatable bonds is 11. The number of methoxy groups -OCH3 is 1. The topological polar surface area (TPSA) is 164 Å². The minimum absolute atomic E-state index is 0.0132. The van der Waals surface area contributed by atoms with Crippen molar-refractivity contribution in [2.45, 2.75) is 72.1 Å². The first kappa shape index (κ1) is 33.6. The molecule has 0 saturated carbocycles. The number of pyridine rings is 1. The van der Waals surface area contributed by atoms with Crippen LogP contribution in [0, 0.1) is 5.92 Å². The molecule has 12 nitrogen and oxygen atoms in total. The number of primary amides is 1. The van der Waals surface area contributed by atoms with E-state index in [9.17, 15) is 24.0 Å². The molecular formula is C32H41N5O7. The third-order valence-corrected chi connectivity index (χ3v) is 6.53. The normalized spacial score (nSPS) is 12.3. The molecule has 1 atom stereocenters. The molecule has 0 radical (unpaired) electrons. The van der Waals surface area contributed by atoms with Gasteiger partial charge in [-0.05, 0) is 81.9 Å². The Morgan fingerprint density at radius 3 is 2.45 bits per heavy atom. The molecule has 0 aliphatic carbocycles. The van der Waals surface area contributed by atoms with E-state index >= 15 is 0 Å². The molecular weight excluding hydrogens is 566 g/mol. The average Bonchev–Trinajstić information content (AvgIpc) is 3.30. The van der Waals surface area contributed by atoms with Crippen LogP contribution in [-0.4, -0.2) is 51.9 Å². The second-order valence-electron chi connectivity index (χ2n) is 11.8. The summed E-state index contributed by atoms with van der Waals surface area (Å²) in [5.41, 5.74) is 6.09. The Kier molecular flexibility index (Phi) is 11.1. The molecule has 236 valence electrons.